The monoisotopic (exact) mass is 272 g/mol. The minimum Gasteiger partial charge on any atom is -0.475 e. The second-order valence-corrected chi connectivity index (χ2v) is 4.25. The first-order chi connectivity index (χ1) is 9.56. The van der Waals surface area contributed by atoms with Gasteiger partial charge in [0.2, 0.25) is 0 Å². The Balaban J connectivity index is 2.24. The van der Waals surface area contributed by atoms with E-state index in [1.165, 1.54) is 16.8 Å². The predicted molar refractivity (Wildman–Crippen MR) is 67.9 cm³/mol. The predicted octanol–water partition coefficient (Wildman–Crippen LogP) is 1.94. The number of hydrogen-bond acceptors (Lipinski definition) is 4. The molecule has 0 unspecified atom stereocenters. The summed E-state index contributed by atoms with van der Waals surface area (Å²) in [6.45, 7) is 1.67. The quantitative estimate of drug-likeness (QED) is 0.771. The molecular weight excluding hydrogens is 263 g/mol. The highest BCUT2D eigenvalue weighted by atomic mass is 19.1. The maximum atomic E-state index is 13.6. The van der Waals surface area contributed by atoms with Gasteiger partial charge in [0, 0.05) is 11.8 Å². The van der Waals surface area contributed by atoms with E-state index in [-0.39, 0.29) is 17.4 Å². The topological polar surface area (TPSA) is 80.4 Å². The molecule has 3 aromatic rings. The van der Waals surface area contributed by atoms with Crippen LogP contribution in [0.5, 0.6) is 0 Å². The molecule has 0 aliphatic rings. The summed E-state index contributed by atoms with van der Waals surface area (Å²) in [6.07, 6.45) is 1.47. The van der Waals surface area contributed by atoms with Gasteiger partial charge in [-0.2, -0.15) is 9.50 Å². The van der Waals surface area contributed by atoms with Crippen LogP contribution in [0.1, 0.15) is 16.2 Å². The van der Waals surface area contributed by atoms with Gasteiger partial charge in [-0.15, -0.1) is 5.10 Å². The van der Waals surface area contributed by atoms with Crippen LogP contribution >= 0.6 is 0 Å². The molecule has 0 radical (unpaired) electrons. The summed E-state index contributed by atoms with van der Waals surface area (Å²) in [7, 11) is 0. The molecule has 1 aromatic carbocycles. The third-order valence-corrected chi connectivity index (χ3v) is 2.90. The van der Waals surface area contributed by atoms with Crippen molar-refractivity contribution < 1.29 is 14.3 Å². The molecule has 2 heterocycles. The highest BCUT2D eigenvalue weighted by molar-refractivity contribution is 5.83. The average molecular weight is 272 g/mol. The maximum absolute atomic E-state index is 13.6. The number of aromatic carboxylic acids is 1. The number of nitrogens with zero attached hydrogens (tertiary/aromatic N) is 4. The smallest absolute Gasteiger partial charge is 0.375 e. The molecule has 0 bridgehead atoms. The zero-order chi connectivity index (χ0) is 14.3. The molecule has 0 aliphatic heterocycles. The van der Waals surface area contributed by atoms with Gasteiger partial charge in [-0.25, -0.2) is 14.2 Å². The average Bonchev–Trinajstić information content (AvgIpc) is 2.86. The molecule has 100 valence electrons. The molecule has 6 nitrogen and oxygen atoms in total. The summed E-state index contributed by atoms with van der Waals surface area (Å²) >= 11 is 0. The molecular formula is C13H9FN4O2. The molecule has 3 rings (SSSR count). The van der Waals surface area contributed by atoms with E-state index in [1.807, 2.05) is 0 Å². The fraction of sp³-hybridized carbons (Fsp3) is 0.0769. The van der Waals surface area contributed by atoms with E-state index in [0.717, 1.165) is 0 Å². The Labute approximate surface area is 112 Å². The molecule has 0 aliphatic carbocycles. The summed E-state index contributed by atoms with van der Waals surface area (Å²) in [5, 5.41) is 12.8. The van der Waals surface area contributed by atoms with Gasteiger partial charge >= 0.3 is 5.97 Å². The highest BCUT2D eigenvalue weighted by Crippen LogP contribution is 2.21. The van der Waals surface area contributed by atoms with Crippen LogP contribution in [0, 0.1) is 12.7 Å². The van der Waals surface area contributed by atoms with Gasteiger partial charge in [-0.05, 0) is 24.6 Å². The maximum Gasteiger partial charge on any atom is 0.375 e. The van der Waals surface area contributed by atoms with Crippen LogP contribution in [-0.2, 0) is 0 Å². The molecule has 0 fully saturated rings. The van der Waals surface area contributed by atoms with E-state index >= 15 is 0 Å². The van der Waals surface area contributed by atoms with Gasteiger partial charge in [-0.3, -0.25) is 0 Å². The van der Waals surface area contributed by atoms with Crippen LogP contribution in [0.25, 0.3) is 17.0 Å². The van der Waals surface area contributed by atoms with Crippen LogP contribution in [0.3, 0.4) is 0 Å². The van der Waals surface area contributed by atoms with E-state index in [0.29, 0.717) is 16.8 Å². The van der Waals surface area contributed by atoms with Gasteiger partial charge in [0.15, 0.2) is 0 Å². The summed E-state index contributed by atoms with van der Waals surface area (Å²) in [5.41, 5.74) is 1.63. The first kappa shape index (κ1) is 12.2. The molecule has 1 N–H and O–H groups in total. The second-order valence-electron chi connectivity index (χ2n) is 4.25. The molecule has 0 spiro atoms. The number of carbonyl (C=O) groups is 1. The Hall–Kier alpha value is -2.83. The number of hydrogen-bond donors (Lipinski definition) is 1. The number of carboxylic acid groups (broad SMARTS) is 1. The lowest BCUT2D eigenvalue weighted by Gasteiger charge is -2.04. The van der Waals surface area contributed by atoms with E-state index in [1.54, 1.807) is 25.1 Å². The minimum absolute atomic E-state index is 0.154. The molecule has 20 heavy (non-hydrogen) atoms. The van der Waals surface area contributed by atoms with Crippen molar-refractivity contribution in [1.29, 1.82) is 0 Å². The number of rotatable bonds is 2. The molecule has 0 saturated heterocycles. The van der Waals surface area contributed by atoms with Crippen molar-refractivity contribution in [3.8, 4) is 11.3 Å². The zero-order valence-electron chi connectivity index (χ0n) is 10.4. The number of benzene rings is 1. The Bertz CT molecular complexity index is 828. The number of halogens is 1. The van der Waals surface area contributed by atoms with Crippen molar-refractivity contribution in [2.45, 2.75) is 6.92 Å². The van der Waals surface area contributed by atoms with Crippen molar-refractivity contribution in [1.82, 2.24) is 19.6 Å². The third kappa shape index (κ3) is 1.89. The van der Waals surface area contributed by atoms with Gasteiger partial charge in [0.25, 0.3) is 11.6 Å². The second kappa shape index (κ2) is 4.37. The van der Waals surface area contributed by atoms with Crippen molar-refractivity contribution in [3.05, 3.63) is 47.7 Å². The third-order valence-electron chi connectivity index (χ3n) is 2.90. The summed E-state index contributed by atoms with van der Waals surface area (Å²) in [5.74, 6) is -1.78. The SMILES string of the molecule is Cc1ccc(-c2ccnc3nc(C(=O)O)nn23)cc1F. The minimum atomic E-state index is -1.24. The van der Waals surface area contributed by atoms with Crippen LogP contribution < -0.4 is 0 Å². The highest BCUT2D eigenvalue weighted by Gasteiger charge is 2.14. The van der Waals surface area contributed by atoms with Crippen LogP contribution in [0.15, 0.2) is 30.5 Å². The first-order valence-corrected chi connectivity index (χ1v) is 5.78. The van der Waals surface area contributed by atoms with Gasteiger partial charge < -0.3 is 5.11 Å². The molecule has 0 atom stereocenters. The Kier molecular flexibility index (Phi) is 2.67. The molecule has 0 amide bonds. The van der Waals surface area contributed by atoms with Crippen molar-refractivity contribution in [2.75, 3.05) is 0 Å². The van der Waals surface area contributed by atoms with Crippen LogP contribution in [0.2, 0.25) is 0 Å². The van der Waals surface area contributed by atoms with Gasteiger partial charge in [-0.1, -0.05) is 12.1 Å². The van der Waals surface area contributed by atoms with Gasteiger partial charge in [0.05, 0.1) is 5.69 Å². The van der Waals surface area contributed by atoms with Crippen molar-refractivity contribution in [3.63, 3.8) is 0 Å². The first-order valence-electron chi connectivity index (χ1n) is 5.78. The molecule has 0 saturated carbocycles. The largest absolute Gasteiger partial charge is 0.475 e. The fourth-order valence-electron chi connectivity index (χ4n) is 1.86. The molecule has 7 heteroatoms. The Morgan fingerprint density at radius 2 is 2.15 bits per heavy atom. The van der Waals surface area contributed by atoms with E-state index in [9.17, 15) is 9.18 Å². The van der Waals surface area contributed by atoms with E-state index < -0.39 is 5.97 Å². The summed E-state index contributed by atoms with van der Waals surface area (Å²) in [6, 6.07) is 6.37. The number of fused-ring (bicyclic) bond motifs is 1. The summed E-state index contributed by atoms with van der Waals surface area (Å²) in [4.78, 5) is 18.6. The zero-order valence-corrected chi connectivity index (χ0v) is 10.4. The Morgan fingerprint density at radius 3 is 2.85 bits per heavy atom. The molecule has 2 aromatic heterocycles. The normalized spacial score (nSPS) is 10.9. The lowest BCUT2D eigenvalue weighted by Crippen LogP contribution is -2.00. The number of carboxylic acids is 1. The van der Waals surface area contributed by atoms with Gasteiger partial charge in [0.1, 0.15) is 5.82 Å². The summed E-state index contributed by atoms with van der Waals surface area (Å²) < 4.78 is 14.9. The van der Waals surface area contributed by atoms with E-state index in [4.69, 9.17) is 5.11 Å². The van der Waals surface area contributed by atoms with Crippen molar-refractivity contribution >= 4 is 11.7 Å². The standard InChI is InChI=1S/C13H9FN4O2/c1-7-2-3-8(6-9(7)14)10-4-5-15-13-16-11(12(19)20)17-18(10)13/h2-6H,1H3,(H,19,20). The lowest BCUT2D eigenvalue weighted by molar-refractivity contribution is 0.0684. The van der Waals surface area contributed by atoms with Crippen LogP contribution in [0.4, 0.5) is 4.39 Å². The van der Waals surface area contributed by atoms with Crippen molar-refractivity contribution in [2.24, 2.45) is 0 Å². The fourth-order valence-corrected chi connectivity index (χ4v) is 1.86. The number of aryl methyl sites for hydroxylation is 1. The van der Waals surface area contributed by atoms with Crippen LogP contribution in [-0.4, -0.2) is 30.7 Å². The number of aromatic nitrogens is 4. The lowest BCUT2D eigenvalue weighted by atomic mass is 10.1. The van der Waals surface area contributed by atoms with E-state index in [2.05, 4.69) is 15.1 Å². The Morgan fingerprint density at radius 1 is 1.35 bits per heavy atom.